The van der Waals surface area contributed by atoms with Gasteiger partial charge >= 0.3 is 0 Å². The van der Waals surface area contributed by atoms with Gasteiger partial charge in [0, 0.05) is 5.56 Å². The summed E-state index contributed by atoms with van der Waals surface area (Å²) in [7, 11) is 0. The predicted molar refractivity (Wildman–Crippen MR) is 65.7 cm³/mol. The third-order valence-corrected chi connectivity index (χ3v) is 2.45. The largest absolute Gasteiger partial charge is 0.493 e. The highest BCUT2D eigenvalue weighted by Crippen LogP contribution is 2.33. The van der Waals surface area contributed by atoms with Gasteiger partial charge in [-0.2, -0.15) is 0 Å². The standard InChI is InChI=1S/C14H22O/c1-6-10-15-12-9-7-8-11(2)13(12)14(3,4)5/h7-9H,6,10H2,1-5H3. The Morgan fingerprint density at radius 2 is 1.87 bits per heavy atom. The fraction of sp³-hybridized carbons (Fsp3) is 0.571. The first-order valence-electron chi connectivity index (χ1n) is 5.69. The summed E-state index contributed by atoms with van der Waals surface area (Å²) in [5, 5.41) is 0. The van der Waals surface area contributed by atoms with E-state index in [1.165, 1.54) is 11.1 Å². The molecule has 0 unspecified atom stereocenters. The molecule has 1 aromatic carbocycles. The summed E-state index contributed by atoms with van der Waals surface area (Å²) in [4.78, 5) is 0. The topological polar surface area (TPSA) is 9.23 Å². The van der Waals surface area contributed by atoms with E-state index in [0.717, 1.165) is 18.8 Å². The van der Waals surface area contributed by atoms with Crippen LogP contribution in [0.15, 0.2) is 18.2 Å². The third-order valence-electron chi connectivity index (χ3n) is 2.45. The fourth-order valence-electron chi connectivity index (χ4n) is 1.93. The molecule has 1 aromatic rings. The second kappa shape index (κ2) is 4.69. The summed E-state index contributed by atoms with van der Waals surface area (Å²) < 4.78 is 5.79. The Bertz CT molecular complexity index is 321. The van der Waals surface area contributed by atoms with Gasteiger partial charge in [-0.3, -0.25) is 0 Å². The van der Waals surface area contributed by atoms with E-state index in [0.29, 0.717) is 0 Å². The maximum atomic E-state index is 5.79. The lowest BCUT2D eigenvalue weighted by atomic mass is 9.83. The molecule has 1 nitrogen and oxygen atoms in total. The first-order chi connectivity index (χ1) is 6.96. The molecule has 0 radical (unpaired) electrons. The normalized spacial score (nSPS) is 11.5. The summed E-state index contributed by atoms with van der Waals surface area (Å²) in [6.07, 6.45) is 1.05. The lowest BCUT2D eigenvalue weighted by Gasteiger charge is -2.25. The fourth-order valence-corrected chi connectivity index (χ4v) is 1.93. The number of rotatable bonds is 3. The number of hydrogen-bond acceptors (Lipinski definition) is 1. The van der Waals surface area contributed by atoms with E-state index in [1.54, 1.807) is 0 Å². The Balaban J connectivity index is 3.09. The predicted octanol–water partition coefficient (Wildman–Crippen LogP) is 4.08. The van der Waals surface area contributed by atoms with E-state index in [-0.39, 0.29) is 5.41 Å². The van der Waals surface area contributed by atoms with Crippen LogP contribution in [-0.4, -0.2) is 6.61 Å². The zero-order valence-corrected chi connectivity index (χ0v) is 10.6. The molecule has 0 saturated carbocycles. The van der Waals surface area contributed by atoms with Gasteiger partial charge in [0.25, 0.3) is 0 Å². The van der Waals surface area contributed by atoms with Crippen molar-refractivity contribution in [2.24, 2.45) is 0 Å². The van der Waals surface area contributed by atoms with Gasteiger partial charge in [0.05, 0.1) is 6.61 Å². The Labute approximate surface area is 93.5 Å². The van der Waals surface area contributed by atoms with Gasteiger partial charge in [-0.15, -0.1) is 0 Å². The lowest BCUT2D eigenvalue weighted by molar-refractivity contribution is 0.308. The molecule has 84 valence electrons. The molecule has 0 heterocycles. The highest BCUT2D eigenvalue weighted by Gasteiger charge is 2.20. The van der Waals surface area contributed by atoms with Crippen LogP contribution in [-0.2, 0) is 5.41 Å². The van der Waals surface area contributed by atoms with Crippen LogP contribution >= 0.6 is 0 Å². The minimum atomic E-state index is 0.147. The Morgan fingerprint density at radius 1 is 1.20 bits per heavy atom. The van der Waals surface area contributed by atoms with Crippen molar-refractivity contribution in [1.29, 1.82) is 0 Å². The number of benzene rings is 1. The first kappa shape index (κ1) is 12.1. The molecule has 0 spiro atoms. The zero-order valence-electron chi connectivity index (χ0n) is 10.6. The van der Waals surface area contributed by atoms with Crippen LogP contribution in [0.25, 0.3) is 0 Å². The maximum absolute atomic E-state index is 5.79. The highest BCUT2D eigenvalue weighted by atomic mass is 16.5. The molecule has 0 bridgehead atoms. The summed E-state index contributed by atoms with van der Waals surface area (Å²) in [5.41, 5.74) is 2.79. The first-order valence-corrected chi connectivity index (χ1v) is 5.69. The Hall–Kier alpha value is -0.980. The highest BCUT2D eigenvalue weighted by molar-refractivity contribution is 5.44. The minimum absolute atomic E-state index is 0.147. The SMILES string of the molecule is CCCOc1cccc(C)c1C(C)(C)C. The third kappa shape index (κ3) is 2.98. The summed E-state index contributed by atoms with van der Waals surface area (Å²) in [6.45, 7) is 11.8. The van der Waals surface area contributed by atoms with Crippen LogP contribution in [0.1, 0.15) is 45.2 Å². The molecule has 0 aliphatic heterocycles. The van der Waals surface area contributed by atoms with Crippen molar-refractivity contribution in [2.75, 3.05) is 6.61 Å². The molecule has 0 fully saturated rings. The molecule has 0 aromatic heterocycles. The van der Waals surface area contributed by atoms with Crippen molar-refractivity contribution < 1.29 is 4.74 Å². The van der Waals surface area contributed by atoms with Crippen LogP contribution in [0.2, 0.25) is 0 Å². The van der Waals surface area contributed by atoms with Crippen molar-refractivity contribution in [3.8, 4) is 5.75 Å². The molecule has 0 saturated heterocycles. The van der Waals surface area contributed by atoms with Crippen LogP contribution in [0.3, 0.4) is 0 Å². The van der Waals surface area contributed by atoms with Crippen molar-refractivity contribution >= 4 is 0 Å². The van der Waals surface area contributed by atoms with Gasteiger partial charge in [-0.05, 0) is 30.4 Å². The average molecular weight is 206 g/mol. The van der Waals surface area contributed by atoms with E-state index in [2.05, 4.69) is 52.8 Å². The number of ether oxygens (including phenoxy) is 1. The van der Waals surface area contributed by atoms with Gasteiger partial charge in [-0.1, -0.05) is 39.8 Å². The van der Waals surface area contributed by atoms with Gasteiger partial charge in [0.2, 0.25) is 0 Å². The van der Waals surface area contributed by atoms with E-state index in [4.69, 9.17) is 4.74 Å². The average Bonchev–Trinajstić information content (AvgIpc) is 2.12. The second-order valence-corrected chi connectivity index (χ2v) is 5.05. The van der Waals surface area contributed by atoms with Crippen molar-refractivity contribution in [3.63, 3.8) is 0 Å². The van der Waals surface area contributed by atoms with Gasteiger partial charge in [0.15, 0.2) is 0 Å². The van der Waals surface area contributed by atoms with Crippen molar-refractivity contribution in [3.05, 3.63) is 29.3 Å². The monoisotopic (exact) mass is 206 g/mol. The molecule has 1 rings (SSSR count). The van der Waals surface area contributed by atoms with Crippen LogP contribution in [0.5, 0.6) is 5.75 Å². The number of hydrogen-bond donors (Lipinski definition) is 0. The summed E-state index contributed by atoms with van der Waals surface area (Å²) >= 11 is 0. The molecule has 0 atom stereocenters. The summed E-state index contributed by atoms with van der Waals surface area (Å²) in [5.74, 6) is 1.05. The molecular weight excluding hydrogens is 184 g/mol. The molecule has 0 aliphatic rings. The quantitative estimate of drug-likeness (QED) is 0.724. The van der Waals surface area contributed by atoms with Gasteiger partial charge < -0.3 is 4.74 Å². The Morgan fingerprint density at radius 3 is 2.40 bits per heavy atom. The van der Waals surface area contributed by atoms with Crippen molar-refractivity contribution in [1.82, 2.24) is 0 Å². The molecule has 1 heteroatoms. The Kier molecular flexibility index (Phi) is 3.78. The van der Waals surface area contributed by atoms with Crippen LogP contribution in [0, 0.1) is 6.92 Å². The maximum Gasteiger partial charge on any atom is 0.123 e. The smallest absolute Gasteiger partial charge is 0.123 e. The zero-order chi connectivity index (χ0) is 11.5. The van der Waals surface area contributed by atoms with Gasteiger partial charge in [0.1, 0.15) is 5.75 Å². The lowest BCUT2D eigenvalue weighted by Crippen LogP contribution is -2.15. The van der Waals surface area contributed by atoms with Crippen LogP contribution < -0.4 is 4.74 Å². The second-order valence-electron chi connectivity index (χ2n) is 5.05. The van der Waals surface area contributed by atoms with Crippen LogP contribution in [0.4, 0.5) is 0 Å². The molecule has 0 aliphatic carbocycles. The van der Waals surface area contributed by atoms with E-state index in [1.807, 2.05) is 0 Å². The molecule has 15 heavy (non-hydrogen) atoms. The van der Waals surface area contributed by atoms with E-state index in [9.17, 15) is 0 Å². The molecule has 0 N–H and O–H groups in total. The van der Waals surface area contributed by atoms with E-state index >= 15 is 0 Å². The number of aryl methyl sites for hydroxylation is 1. The summed E-state index contributed by atoms with van der Waals surface area (Å²) in [6, 6.07) is 6.29. The van der Waals surface area contributed by atoms with E-state index < -0.39 is 0 Å². The van der Waals surface area contributed by atoms with Crippen molar-refractivity contribution in [2.45, 2.75) is 46.5 Å². The van der Waals surface area contributed by atoms with Gasteiger partial charge in [-0.25, -0.2) is 0 Å². The molecular formula is C14H22O. The molecule has 0 amide bonds. The minimum Gasteiger partial charge on any atom is -0.493 e.